The molecule has 2 amide bonds. The van der Waals surface area contributed by atoms with Gasteiger partial charge in [-0.15, -0.1) is 0 Å². The molecule has 1 saturated heterocycles. The zero-order valence-corrected chi connectivity index (χ0v) is 18.7. The number of nitrogens with one attached hydrogen (secondary N) is 2. The lowest BCUT2D eigenvalue weighted by Crippen LogP contribution is -2.55. The molecule has 0 atom stereocenters. The Labute approximate surface area is 188 Å². The fourth-order valence-corrected chi connectivity index (χ4v) is 3.60. The van der Waals surface area contributed by atoms with E-state index in [4.69, 9.17) is 11.6 Å². The van der Waals surface area contributed by atoms with Gasteiger partial charge in [-0.1, -0.05) is 35.9 Å². The van der Waals surface area contributed by atoms with E-state index in [-0.39, 0.29) is 11.8 Å². The molecular weight excluding hydrogens is 414 g/mol. The van der Waals surface area contributed by atoms with Gasteiger partial charge in [0.2, 0.25) is 11.8 Å². The Balaban J connectivity index is 1.46. The lowest BCUT2D eigenvalue weighted by atomic mass is 10.1. The zero-order chi connectivity index (χ0) is 22.2. The Kier molecular flexibility index (Phi) is 7.89. The van der Waals surface area contributed by atoms with Crippen LogP contribution in [-0.4, -0.2) is 60.8 Å². The molecule has 1 aliphatic heterocycles. The van der Waals surface area contributed by atoms with Gasteiger partial charge in [0.15, 0.2) is 5.96 Å². The van der Waals surface area contributed by atoms with Crippen LogP contribution >= 0.6 is 11.6 Å². The van der Waals surface area contributed by atoms with Crippen LogP contribution in [0.1, 0.15) is 18.1 Å². The molecule has 0 radical (unpaired) electrons. The molecule has 31 heavy (non-hydrogen) atoms. The minimum atomic E-state index is -0.0824. The monoisotopic (exact) mass is 441 g/mol. The number of guanidine groups is 1. The first-order chi connectivity index (χ1) is 14.9. The van der Waals surface area contributed by atoms with Crippen molar-refractivity contribution in [3.8, 4) is 0 Å². The van der Waals surface area contributed by atoms with E-state index in [1.807, 2.05) is 58.3 Å². The number of carbonyl (C=O) groups is 2. The van der Waals surface area contributed by atoms with Crippen molar-refractivity contribution in [3.63, 3.8) is 0 Å². The van der Waals surface area contributed by atoms with Crippen LogP contribution in [0.5, 0.6) is 0 Å². The highest BCUT2D eigenvalue weighted by molar-refractivity contribution is 6.30. The fraction of sp³-hybridized carbons (Fsp3) is 0.348. The maximum atomic E-state index is 12.6. The first kappa shape index (κ1) is 22.6. The Hall–Kier alpha value is -3.06. The molecule has 1 aliphatic rings. The number of carbonyl (C=O) groups excluding carboxylic acids is 2. The van der Waals surface area contributed by atoms with Crippen molar-refractivity contribution in [2.75, 3.05) is 38.5 Å². The molecule has 1 fully saturated rings. The summed E-state index contributed by atoms with van der Waals surface area (Å²) in [7, 11) is 1.73. The normalized spacial score (nSPS) is 14.5. The number of benzene rings is 2. The molecule has 0 spiro atoms. The number of amides is 2. The smallest absolute Gasteiger partial charge is 0.242 e. The van der Waals surface area contributed by atoms with Crippen LogP contribution in [0.4, 0.5) is 5.69 Å². The summed E-state index contributed by atoms with van der Waals surface area (Å²) in [6.45, 7) is 4.46. The van der Waals surface area contributed by atoms with Crippen LogP contribution in [0.25, 0.3) is 0 Å². The van der Waals surface area contributed by atoms with E-state index in [1.54, 1.807) is 7.05 Å². The second kappa shape index (κ2) is 10.8. The number of aliphatic imine (C=N–C) groups is 1. The average Bonchev–Trinajstić information content (AvgIpc) is 2.75. The predicted octanol–water partition coefficient (Wildman–Crippen LogP) is 2.76. The van der Waals surface area contributed by atoms with E-state index in [0.29, 0.717) is 31.2 Å². The van der Waals surface area contributed by atoms with Crippen molar-refractivity contribution in [3.05, 3.63) is 64.7 Å². The third-order valence-electron chi connectivity index (χ3n) is 5.09. The van der Waals surface area contributed by atoms with Crippen LogP contribution in [0, 0.1) is 0 Å². The third kappa shape index (κ3) is 6.72. The Morgan fingerprint density at radius 3 is 2.35 bits per heavy atom. The highest BCUT2D eigenvalue weighted by Gasteiger charge is 2.25. The molecule has 0 saturated carbocycles. The van der Waals surface area contributed by atoms with E-state index >= 15 is 0 Å². The Morgan fingerprint density at radius 1 is 1.06 bits per heavy atom. The number of hydrogen-bond acceptors (Lipinski definition) is 3. The minimum absolute atomic E-state index is 0.0812. The first-order valence-electron chi connectivity index (χ1n) is 10.3. The number of hydrogen-bond donors (Lipinski definition) is 2. The molecule has 3 rings (SSSR count). The molecule has 1 heterocycles. The van der Waals surface area contributed by atoms with Crippen molar-refractivity contribution in [2.45, 2.75) is 19.9 Å². The van der Waals surface area contributed by atoms with Gasteiger partial charge >= 0.3 is 0 Å². The lowest BCUT2D eigenvalue weighted by molar-refractivity contribution is -0.135. The molecular formula is C23H28ClN5O2. The lowest BCUT2D eigenvalue weighted by Gasteiger charge is -2.36. The van der Waals surface area contributed by atoms with Gasteiger partial charge in [-0.2, -0.15) is 0 Å². The van der Waals surface area contributed by atoms with E-state index in [1.165, 1.54) is 6.92 Å². The molecule has 8 heteroatoms. The summed E-state index contributed by atoms with van der Waals surface area (Å²) in [5.41, 5.74) is 3.01. The number of piperazine rings is 1. The molecule has 2 aromatic rings. The second-order valence-corrected chi connectivity index (χ2v) is 7.90. The van der Waals surface area contributed by atoms with E-state index in [0.717, 1.165) is 35.7 Å². The molecule has 0 aromatic heterocycles. The van der Waals surface area contributed by atoms with Crippen molar-refractivity contribution in [1.82, 2.24) is 15.1 Å². The average molecular weight is 442 g/mol. The summed E-state index contributed by atoms with van der Waals surface area (Å²) in [5.74, 6) is 0.730. The highest BCUT2D eigenvalue weighted by Crippen LogP contribution is 2.14. The first-order valence-corrected chi connectivity index (χ1v) is 10.7. The summed E-state index contributed by atoms with van der Waals surface area (Å²) in [6, 6.07) is 15.4. The largest absolute Gasteiger partial charge is 0.356 e. The molecule has 164 valence electrons. The van der Waals surface area contributed by atoms with Gasteiger partial charge in [0, 0.05) is 50.9 Å². The molecule has 7 nitrogen and oxygen atoms in total. The number of rotatable bonds is 6. The summed E-state index contributed by atoms with van der Waals surface area (Å²) in [4.78, 5) is 31.9. The minimum Gasteiger partial charge on any atom is -0.356 e. The van der Waals surface area contributed by atoms with Crippen LogP contribution in [0.2, 0.25) is 5.02 Å². The highest BCUT2D eigenvalue weighted by atomic mass is 35.5. The van der Waals surface area contributed by atoms with Gasteiger partial charge in [-0.3, -0.25) is 14.6 Å². The van der Waals surface area contributed by atoms with E-state index in [2.05, 4.69) is 15.6 Å². The van der Waals surface area contributed by atoms with Crippen molar-refractivity contribution < 1.29 is 9.59 Å². The van der Waals surface area contributed by atoms with Gasteiger partial charge in [0.05, 0.1) is 6.54 Å². The summed E-state index contributed by atoms with van der Waals surface area (Å²) < 4.78 is 0. The quantitative estimate of drug-likeness (QED) is 0.533. The van der Waals surface area contributed by atoms with Crippen LogP contribution in [-0.2, 0) is 22.6 Å². The molecule has 0 unspecified atom stereocenters. The molecule has 0 aliphatic carbocycles. The summed E-state index contributed by atoms with van der Waals surface area (Å²) in [5, 5.41) is 6.80. The van der Waals surface area contributed by atoms with Crippen LogP contribution in [0.15, 0.2) is 53.5 Å². The molecule has 2 N–H and O–H groups in total. The fourth-order valence-electron chi connectivity index (χ4n) is 3.48. The number of nitrogens with zero attached hydrogens (tertiary/aromatic N) is 3. The predicted molar refractivity (Wildman–Crippen MR) is 124 cm³/mol. The zero-order valence-electron chi connectivity index (χ0n) is 17.9. The standard InChI is InChI=1S/C23H28ClN5O2/c1-17(30)27-21-9-5-18(6-10-21)11-12-26-23(25-2)29-14-13-28(22(31)16-29)15-19-3-7-20(24)8-4-19/h3-10H,11-16H2,1-2H3,(H,25,26)(H,27,30). The van der Waals surface area contributed by atoms with Crippen molar-refractivity contribution >= 4 is 35.1 Å². The van der Waals surface area contributed by atoms with Gasteiger partial charge in [0.25, 0.3) is 0 Å². The van der Waals surface area contributed by atoms with Gasteiger partial charge < -0.3 is 20.4 Å². The maximum Gasteiger partial charge on any atom is 0.242 e. The van der Waals surface area contributed by atoms with Crippen LogP contribution < -0.4 is 10.6 Å². The van der Waals surface area contributed by atoms with Crippen molar-refractivity contribution in [1.29, 1.82) is 0 Å². The van der Waals surface area contributed by atoms with E-state index in [9.17, 15) is 9.59 Å². The van der Waals surface area contributed by atoms with Gasteiger partial charge in [-0.05, 0) is 41.8 Å². The Bertz CT molecular complexity index is 928. The van der Waals surface area contributed by atoms with Gasteiger partial charge in [-0.25, -0.2) is 0 Å². The maximum absolute atomic E-state index is 12.6. The summed E-state index contributed by atoms with van der Waals surface area (Å²) >= 11 is 5.94. The molecule has 0 bridgehead atoms. The summed E-state index contributed by atoms with van der Waals surface area (Å²) in [6.07, 6.45) is 0.809. The third-order valence-corrected chi connectivity index (χ3v) is 5.34. The number of halogens is 1. The second-order valence-electron chi connectivity index (χ2n) is 7.47. The van der Waals surface area contributed by atoms with Gasteiger partial charge in [0.1, 0.15) is 0 Å². The molecule has 2 aromatic carbocycles. The van der Waals surface area contributed by atoms with Crippen molar-refractivity contribution in [2.24, 2.45) is 4.99 Å². The van der Waals surface area contributed by atoms with Crippen LogP contribution in [0.3, 0.4) is 0 Å². The SMILES string of the molecule is CN=C(NCCc1ccc(NC(C)=O)cc1)N1CCN(Cc2ccc(Cl)cc2)C(=O)C1. The Morgan fingerprint density at radius 2 is 1.74 bits per heavy atom. The topological polar surface area (TPSA) is 77.0 Å². The van der Waals surface area contributed by atoms with E-state index < -0.39 is 0 Å². The number of anilines is 1.